The number of aromatic nitrogens is 1. The van der Waals surface area contributed by atoms with Gasteiger partial charge in [0.15, 0.2) is 0 Å². The monoisotopic (exact) mass is 258 g/mol. The molecule has 0 fully saturated rings. The van der Waals surface area contributed by atoms with Gasteiger partial charge < -0.3 is 10.4 Å². The molecule has 1 atom stereocenters. The Morgan fingerprint density at radius 3 is 2.74 bits per heavy atom. The molecular formula is C14H14N2O3. The first-order valence-corrected chi connectivity index (χ1v) is 5.93. The number of hydrogen-bond acceptors (Lipinski definition) is 3. The van der Waals surface area contributed by atoms with Gasteiger partial charge in [-0.05, 0) is 19.1 Å². The predicted octanol–water partition coefficient (Wildman–Crippen LogP) is 1.37. The highest BCUT2D eigenvalue weighted by Gasteiger charge is 2.14. The number of benzene rings is 1. The van der Waals surface area contributed by atoms with Gasteiger partial charge in [-0.2, -0.15) is 0 Å². The lowest BCUT2D eigenvalue weighted by Gasteiger charge is -2.09. The number of amides is 1. The van der Waals surface area contributed by atoms with Crippen molar-refractivity contribution in [2.45, 2.75) is 19.4 Å². The number of aliphatic carboxylic acids is 1. The Hall–Kier alpha value is -2.43. The number of rotatable bonds is 4. The lowest BCUT2D eigenvalue weighted by molar-refractivity contribution is -0.141. The van der Waals surface area contributed by atoms with Crippen molar-refractivity contribution in [1.82, 2.24) is 10.3 Å². The molecule has 0 bridgehead atoms. The molecule has 0 radical (unpaired) electrons. The molecule has 2 aromatic rings. The van der Waals surface area contributed by atoms with E-state index in [1.165, 1.54) is 6.92 Å². The summed E-state index contributed by atoms with van der Waals surface area (Å²) in [6.07, 6.45) is 0.0719. The maximum Gasteiger partial charge on any atom is 0.325 e. The van der Waals surface area contributed by atoms with Gasteiger partial charge in [0.05, 0.1) is 17.6 Å². The minimum atomic E-state index is -1.06. The van der Waals surface area contributed by atoms with Gasteiger partial charge >= 0.3 is 5.97 Å². The summed E-state index contributed by atoms with van der Waals surface area (Å²) in [6, 6.07) is 10.4. The highest BCUT2D eigenvalue weighted by molar-refractivity contribution is 5.85. The minimum absolute atomic E-state index is 0.0719. The summed E-state index contributed by atoms with van der Waals surface area (Å²) < 4.78 is 0. The zero-order chi connectivity index (χ0) is 13.8. The quantitative estimate of drug-likeness (QED) is 0.868. The van der Waals surface area contributed by atoms with Crippen LogP contribution in [0.25, 0.3) is 10.9 Å². The second kappa shape index (κ2) is 5.48. The smallest absolute Gasteiger partial charge is 0.325 e. The van der Waals surface area contributed by atoms with Crippen LogP contribution in [0.1, 0.15) is 12.6 Å². The van der Waals surface area contributed by atoms with E-state index < -0.39 is 12.0 Å². The van der Waals surface area contributed by atoms with E-state index in [0.29, 0.717) is 5.69 Å². The first-order chi connectivity index (χ1) is 9.06. The number of carboxylic acid groups (broad SMARTS) is 1. The van der Waals surface area contributed by atoms with E-state index in [1.54, 1.807) is 6.07 Å². The van der Waals surface area contributed by atoms with Crippen LogP contribution in [0.15, 0.2) is 36.4 Å². The zero-order valence-corrected chi connectivity index (χ0v) is 10.5. The summed E-state index contributed by atoms with van der Waals surface area (Å²) in [5, 5.41) is 12.1. The standard InChI is InChI=1S/C14H14N2O3/c1-9(14(18)19)15-13(17)8-11-7-6-10-4-2-3-5-12(10)16-11/h2-7,9H,8H2,1H3,(H,15,17)(H,18,19). The van der Waals surface area contributed by atoms with Crippen molar-refractivity contribution in [2.75, 3.05) is 0 Å². The number of fused-ring (bicyclic) bond motifs is 1. The summed E-state index contributed by atoms with van der Waals surface area (Å²) >= 11 is 0. The highest BCUT2D eigenvalue weighted by atomic mass is 16.4. The second-order valence-corrected chi connectivity index (χ2v) is 4.30. The second-order valence-electron chi connectivity index (χ2n) is 4.30. The summed E-state index contributed by atoms with van der Waals surface area (Å²) in [5.41, 5.74) is 1.44. The third-order valence-electron chi connectivity index (χ3n) is 2.75. The number of hydrogen-bond donors (Lipinski definition) is 2. The van der Waals surface area contributed by atoms with Gasteiger partial charge in [-0.25, -0.2) is 0 Å². The van der Waals surface area contributed by atoms with Gasteiger partial charge in [-0.1, -0.05) is 24.3 Å². The fourth-order valence-electron chi connectivity index (χ4n) is 1.73. The predicted molar refractivity (Wildman–Crippen MR) is 70.7 cm³/mol. The Kier molecular flexibility index (Phi) is 3.75. The van der Waals surface area contributed by atoms with Gasteiger partial charge in [0, 0.05) is 5.39 Å². The molecule has 98 valence electrons. The van der Waals surface area contributed by atoms with Gasteiger partial charge in [0.25, 0.3) is 0 Å². The average molecular weight is 258 g/mol. The van der Waals surface area contributed by atoms with Gasteiger partial charge in [-0.3, -0.25) is 14.6 Å². The Balaban J connectivity index is 2.09. The molecule has 2 N–H and O–H groups in total. The molecule has 0 spiro atoms. The Labute approximate surface area is 110 Å². The molecule has 1 aromatic carbocycles. The van der Waals surface area contributed by atoms with E-state index in [2.05, 4.69) is 10.3 Å². The van der Waals surface area contributed by atoms with Crippen LogP contribution in [-0.4, -0.2) is 28.0 Å². The number of carbonyl (C=O) groups is 2. The molecule has 19 heavy (non-hydrogen) atoms. The maximum absolute atomic E-state index is 11.6. The largest absolute Gasteiger partial charge is 0.480 e. The Morgan fingerprint density at radius 2 is 2.00 bits per heavy atom. The molecule has 1 unspecified atom stereocenters. The first kappa shape index (κ1) is 13.0. The third-order valence-corrected chi connectivity index (χ3v) is 2.75. The van der Waals surface area contributed by atoms with Crippen LogP contribution in [0.2, 0.25) is 0 Å². The molecule has 1 heterocycles. The van der Waals surface area contributed by atoms with Crippen molar-refractivity contribution >= 4 is 22.8 Å². The maximum atomic E-state index is 11.6. The molecule has 1 amide bonds. The van der Waals surface area contributed by atoms with Crippen LogP contribution in [0.4, 0.5) is 0 Å². The van der Waals surface area contributed by atoms with Crippen molar-refractivity contribution in [1.29, 1.82) is 0 Å². The van der Waals surface area contributed by atoms with Crippen molar-refractivity contribution < 1.29 is 14.7 Å². The number of carboxylic acids is 1. The van der Waals surface area contributed by atoms with Crippen LogP contribution in [-0.2, 0) is 16.0 Å². The normalized spacial score (nSPS) is 12.1. The Morgan fingerprint density at radius 1 is 1.26 bits per heavy atom. The fourth-order valence-corrected chi connectivity index (χ4v) is 1.73. The molecule has 0 aliphatic carbocycles. The Bertz CT molecular complexity index is 625. The number of nitrogens with one attached hydrogen (secondary N) is 1. The lowest BCUT2D eigenvalue weighted by Crippen LogP contribution is -2.39. The van der Waals surface area contributed by atoms with E-state index in [9.17, 15) is 9.59 Å². The van der Waals surface area contributed by atoms with Gasteiger partial charge in [-0.15, -0.1) is 0 Å². The molecule has 1 aromatic heterocycles. The fraction of sp³-hybridized carbons (Fsp3) is 0.214. The van der Waals surface area contributed by atoms with Crippen LogP contribution in [0.3, 0.4) is 0 Å². The van der Waals surface area contributed by atoms with Crippen molar-refractivity contribution in [3.63, 3.8) is 0 Å². The van der Waals surface area contributed by atoms with E-state index in [0.717, 1.165) is 10.9 Å². The van der Waals surface area contributed by atoms with Gasteiger partial charge in [0.1, 0.15) is 6.04 Å². The highest BCUT2D eigenvalue weighted by Crippen LogP contribution is 2.11. The molecule has 5 heteroatoms. The van der Waals surface area contributed by atoms with Crippen LogP contribution < -0.4 is 5.32 Å². The number of pyridine rings is 1. The van der Waals surface area contributed by atoms with Crippen LogP contribution in [0.5, 0.6) is 0 Å². The molecule has 0 saturated heterocycles. The van der Waals surface area contributed by atoms with Gasteiger partial charge in [0.2, 0.25) is 5.91 Å². The summed E-state index contributed by atoms with van der Waals surface area (Å²) in [4.78, 5) is 26.6. The minimum Gasteiger partial charge on any atom is -0.480 e. The number of nitrogens with zero attached hydrogens (tertiary/aromatic N) is 1. The van der Waals surface area contributed by atoms with Crippen molar-refractivity contribution in [3.05, 3.63) is 42.1 Å². The summed E-state index contributed by atoms with van der Waals surface area (Å²) in [6.45, 7) is 1.42. The third kappa shape index (κ3) is 3.28. The van der Waals surface area contributed by atoms with E-state index in [-0.39, 0.29) is 12.3 Å². The van der Waals surface area contributed by atoms with Crippen LogP contribution in [0, 0.1) is 0 Å². The summed E-state index contributed by atoms with van der Waals surface area (Å²) in [5.74, 6) is -1.41. The summed E-state index contributed by atoms with van der Waals surface area (Å²) in [7, 11) is 0. The molecule has 0 aliphatic rings. The van der Waals surface area contributed by atoms with E-state index >= 15 is 0 Å². The van der Waals surface area contributed by atoms with E-state index in [1.807, 2.05) is 30.3 Å². The molecule has 2 rings (SSSR count). The topological polar surface area (TPSA) is 79.3 Å². The first-order valence-electron chi connectivity index (χ1n) is 5.93. The SMILES string of the molecule is CC(NC(=O)Cc1ccc2ccccc2n1)C(=O)O. The average Bonchev–Trinajstić information content (AvgIpc) is 2.38. The molecular weight excluding hydrogens is 244 g/mol. The molecule has 0 aliphatic heterocycles. The van der Waals surface area contributed by atoms with E-state index in [4.69, 9.17) is 5.11 Å². The van der Waals surface area contributed by atoms with Crippen molar-refractivity contribution in [2.24, 2.45) is 0 Å². The number of para-hydroxylation sites is 1. The molecule has 5 nitrogen and oxygen atoms in total. The molecule has 0 saturated carbocycles. The number of carbonyl (C=O) groups excluding carboxylic acids is 1. The van der Waals surface area contributed by atoms with Crippen molar-refractivity contribution in [3.8, 4) is 0 Å². The zero-order valence-electron chi connectivity index (χ0n) is 10.5. The van der Waals surface area contributed by atoms with Crippen LogP contribution >= 0.6 is 0 Å². The lowest BCUT2D eigenvalue weighted by atomic mass is 10.1.